The molecule has 6 nitrogen and oxygen atoms in total. The number of nitrogens with zero attached hydrogens (tertiary/aromatic N) is 4. The number of benzene rings is 1. The number of halogens is 9. The summed E-state index contributed by atoms with van der Waals surface area (Å²) in [5.74, 6) is 0. The van der Waals surface area contributed by atoms with Gasteiger partial charge in [-0.25, -0.2) is 4.79 Å². The zero-order valence-electron chi connectivity index (χ0n) is 22.5. The number of alkyl halides is 9. The molecule has 0 radical (unpaired) electrons. The fourth-order valence-electron chi connectivity index (χ4n) is 6.09. The average molecular weight is 605 g/mol. The molecule has 1 aromatic carbocycles. The molecule has 0 N–H and O–H groups in total. The van der Waals surface area contributed by atoms with Gasteiger partial charge in [-0.1, -0.05) is 13.0 Å². The SMILES string of the molecule is CCN1CCN(c2cc(C(F)(F)F)ccc2CN2CCCC23CCN(C(=O)OC(C(F)(F)F)C(F)(F)F)CC3)CC1. The van der Waals surface area contributed by atoms with E-state index in [0.29, 0.717) is 43.9 Å². The minimum absolute atomic E-state index is 0.101. The monoisotopic (exact) mass is 604 g/mol. The van der Waals surface area contributed by atoms with Crippen molar-refractivity contribution in [1.82, 2.24) is 14.7 Å². The van der Waals surface area contributed by atoms with Crippen molar-refractivity contribution in [3.8, 4) is 0 Å². The highest BCUT2D eigenvalue weighted by molar-refractivity contribution is 5.68. The van der Waals surface area contributed by atoms with Crippen LogP contribution in [0.5, 0.6) is 0 Å². The van der Waals surface area contributed by atoms with Crippen LogP contribution in [-0.2, 0) is 17.5 Å². The molecule has 0 unspecified atom stereocenters. The first kappa shape index (κ1) is 31.5. The van der Waals surface area contributed by atoms with Crippen molar-refractivity contribution in [2.45, 2.75) is 69.3 Å². The smallest absolute Gasteiger partial charge is 0.426 e. The van der Waals surface area contributed by atoms with Crippen LogP contribution in [0.3, 0.4) is 0 Å². The van der Waals surface area contributed by atoms with Gasteiger partial charge >= 0.3 is 24.6 Å². The molecular formula is C26H33F9N4O2. The summed E-state index contributed by atoms with van der Waals surface area (Å²) >= 11 is 0. The van der Waals surface area contributed by atoms with Crippen LogP contribution in [0.1, 0.15) is 43.7 Å². The first-order valence-corrected chi connectivity index (χ1v) is 13.5. The van der Waals surface area contributed by atoms with E-state index in [1.54, 1.807) is 0 Å². The topological polar surface area (TPSA) is 39.3 Å². The summed E-state index contributed by atoms with van der Waals surface area (Å²) in [7, 11) is 0. The molecule has 0 saturated carbocycles. The van der Waals surface area contributed by atoms with Crippen LogP contribution in [0.25, 0.3) is 0 Å². The summed E-state index contributed by atoms with van der Waals surface area (Å²) in [5, 5.41) is 0. The van der Waals surface area contributed by atoms with E-state index in [1.807, 2.05) is 11.8 Å². The molecule has 3 heterocycles. The Labute approximate surface area is 232 Å². The first-order chi connectivity index (χ1) is 19.0. The second kappa shape index (κ2) is 11.7. The quantitative estimate of drug-likeness (QED) is 0.391. The van der Waals surface area contributed by atoms with E-state index in [9.17, 15) is 44.3 Å². The molecular weight excluding hydrogens is 571 g/mol. The number of amides is 1. The fraction of sp³-hybridized carbons (Fsp3) is 0.731. The van der Waals surface area contributed by atoms with Gasteiger partial charge in [-0.3, -0.25) is 4.90 Å². The van der Waals surface area contributed by atoms with Gasteiger partial charge in [-0.05, 0) is 56.5 Å². The summed E-state index contributed by atoms with van der Waals surface area (Å²) in [6, 6.07) is 3.72. The van der Waals surface area contributed by atoms with Gasteiger partial charge < -0.3 is 19.4 Å². The maximum Gasteiger partial charge on any atom is 0.434 e. The van der Waals surface area contributed by atoms with Crippen molar-refractivity contribution in [3.05, 3.63) is 29.3 Å². The lowest BCUT2D eigenvalue weighted by Crippen LogP contribution is -2.54. The van der Waals surface area contributed by atoms with E-state index < -0.39 is 41.8 Å². The number of likely N-dealkylation sites (N-methyl/N-ethyl adjacent to an activating group) is 1. The van der Waals surface area contributed by atoms with Gasteiger partial charge in [0.25, 0.3) is 6.10 Å². The van der Waals surface area contributed by atoms with E-state index >= 15 is 0 Å². The summed E-state index contributed by atoms with van der Waals surface area (Å²) in [6.07, 6.45) is -20.0. The lowest BCUT2D eigenvalue weighted by molar-refractivity contribution is -0.308. The highest BCUT2D eigenvalue weighted by atomic mass is 19.4. The molecule has 1 amide bonds. The Morgan fingerprint density at radius 2 is 1.49 bits per heavy atom. The Balaban J connectivity index is 1.47. The third-order valence-electron chi connectivity index (χ3n) is 8.44. The van der Waals surface area contributed by atoms with E-state index in [1.165, 1.54) is 12.1 Å². The number of hydrogen-bond donors (Lipinski definition) is 0. The van der Waals surface area contributed by atoms with Crippen molar-refractivity contribution >= 4 is 11.8 Å². The Morgan fingerprint density at radius 1 is 0.878 bits per heavy atom. The van der Waals surface area contributed by atoms with Crippen molar-refractivity contribution in [2.24, 2.45) is 0 Å². The molecule has 1 aromatic rings. The van der Waals surface area contributed by atoms with Crippen molar-refractivity contribution in [3.63, 3.8) is 0 Å². The maximum atomic E-state index is 13.6. The van der Waals surface area contributed by atoms with Crippen LogP contribution in [0, 0.1) is 0 Å². The molecule has 0 aromatic heterocycles. The normalized spacial score (nSPS) is 21.2. The number of piperazine rings is 1. The Morgan fingerprint density at radius 3 is 2.02 bits per heavy atom. The molecule has 1 spiro atoms. The van der Waals surface area contributed by atoms with Gasteiger partial charge in [-0.2, -0.15) is 39.5 Å². The summed E-state index contributed by atoms with van der Waals surface area (Å²) < 4.78 is 122. The summed E-state index contributed by atoms with van der Waals surface area (Å²) in [5.41, 5.74) is -0.00753. The molecule has 3 aliphatic heterocycles. The molecule has 41 heavy (non-hydrogen) atoms. The van der Waals surface area contributed by atoms with E-state index in [-0.39, 0.29) is 25.9 Å². The van der Waals surface area contributed by atoms with Gasteiger partial charge in [0.2, 0.25) is 0 Å². The number of likely N-dealkylation sites (tertiary alicyclic amines) is 2. The second-order valence-corrected chi connectivity index (χ2v) is 10.8. The van der Waals surface area contributed by atoms with Crippen molar-refractivity contribution in [2.75, 3.05) is 57.3 Å². The summed E-state index contributed by atoms with van der Waals surface area (Å²) in [4.78, 5) is 19.4. The molecule has 0 aliphatic carbocycles. The number of hydrogen-bond acceptors (Lipinski definition) is 5. The van der Waals surface area contributed by atoms with E-state index in [2.05, 4.69) is 14.5 Å². The molecule has 4 rings (SSSR count). The van der Waals surface area contributed by atoms with Gasteiger partial charge in [0.1, 0.15) is 0 Å². The molecule has 0 atom stereocenters. The minimum atomic E-state index is -5.80. The predicted molar refractivity (Wildman–Crippen MR) is 131 cm³/mol. The Bertz CT molecular complexity index is 1050. The molecule has 15 heteroatoms. The zero-order valence-corrected chi connectivity index (χ0v) is 22.5. The van der Waals surface area contributed by atoms with Crippen LogP contribution < -0.4 is 4.90 Å². The largest absolute Gasteiger partial charge is 0.434 e. The number of anilines is 1. The highest BCUT2D eigenvalue weighted by Gasteiger charge is 2.60. The molecule has 3 fully saturated rings. The van der Waals surface area contributed by atoms with E-state index in [0.717, 1.165) is 37.0 Å². The first-order valence-electron chi connectivity index (χ1n) is 13.5. The van der Waals surface area contributed by atoms with Crippen LogP contribution in [0.4, 0.5) is 50.0 Å². The van der Waals surface area contributed by atoms with Gasteiger partial charge in [0.15, 0.2) is 0 Å². The maximum absolute atomic E-state index is 13.6. The van der Waals surface area contributed by atoms with Crippen molar-refractivity contribution < 1.29 is 49.0 Å². The minimum Gasteiger partial charge on any atom is -0.426 e. The van der Waals surface area contributed by atoms with Gasteiger partial charge in [-0.15, -0.1) is 0 Å². The fourth-order valence-corrected chi connectivity index (χ4v) is 6.09. The second-order valence-electron chi connectivity index (χ2n) is 10.8. The Hall–Kier alpha value is -2.42. The predicted octanol–water partition coefficient (Wildman–Crippen LogP) is 5.91. The van der Waals surface area contributed by atoms with Crippen LogP contribution in [0.15, 0.2) is 18.2 Å². The number of ether oxygens (including phenoxy) is 1. The molecule has 3 aliphatic rings. The van der Waals surface area contributed by atoms with Gasteiger partial charge in [0.05, 0.1) is 5.56 Å². The zero-order chi connectivity index (χ0) is 30.2. The van der Waals surface area contributed by atoms with Crippen LogP contribution >= 0.6 is 0 Å². The van der Waals surface area contributed by atoms with Gasteiger partial charge in [0, 0.05) is 57.0 Å². The van der Waals surface area contributed by atoms with E-state index in [4.69, 9.17) is 0 Å². The molecule has 3 saturated heterocycles. The number of carbonyl (C=O) groups is 1. The lowest BCUT2D eigenvalue weighted by atomic mass is 9.84. The van der Waals surface area contributed by atoms with Crippen molar-refractivity contribution in [1.29, 1.82) is 0 Å². The Kier molecular flexibility index (Phi) is 8.99. The standard InChI is InChI=1S/C26H33F9N4O2/c1-2-36-12-14-37(15-13-36)20-16-19(24(27,28)29)5-4-18(20)17-39-9-3-6-23(39)7-10-38(11-8-23)22(40)41-21(25(30,31)32)26(33,34)35/h4-5,16,21H,2-3,6-15,17H2,1H3. The summed E-state index contributed by atoms with van der Waals surface area (Å²) in [6.45, 7) is 6.19. The highest BCUT2D eigenvalue weighted by Crippen LogP contribution is 2.42. The third kappa shape index (κ3) is 7.15. The molecule has 232 valence electrons. The number of carbonyl (C=O) groups excluding carboxylic acids is 1. The molecule has 0 bridgehead atoms. The van der Waals surface area contributed by atoms with Crippen LogP contribution in [-0.4, -0.2) is 97.1 Å². The average Bonchev–Trinajstić information content (AvgIpc) is 3.27. The van der Waals surface area contributed by atoms with Crippen LogP contribution in [0.2, 0.25) is 0 Å². The lowest BCUT2D eigenvalue weighted by Gasteiger charge is -2.45. The third-order valence-corrected chi connectivity index (χ3v) is 8.44. The number of rotatable bonds is 5. The number of piperidine rings is 1.